The van der Waals surface area contributed by atoms with Crippen LogP contribution >= 0.6 is 11.8 Å². The van der Waals surface area contributed by atoms with E-state index in [9.17, 15) is 8.78 Å². The van der Waals surface area contributed by atoms with Gasteiger partial charge in [-0.25, -0.2) is 8.78 Å². The van der Waals surface area contributed by atoms with Crippen molar-refractivity contribution in [1.82, 2.24) is 5.32 Å². The minimum atomic E-state index is -0.507. The fourth-order valence-corrected chi connectivity index (χ4v) is 4.65. The van der Waals surface area contributed by atoms with Crippen molar-refractivity contribution in [1.29, 1.82) is 0 Å². The number of thioether (sulfide) groups is 1. The normalized spacial score (nSPS) is 26.0. The van der Waals surface area contributed by atoms with Gasteiger partial charge in [0.1, 0.15) is 11.6 Å². The highest BCUT2D eigenvalue weighted by atomic mass is 32.2. The van der Waals surface area contributed by atoms with Crippen LogP contribution in [0.4, 0.5) is 8.78 Å². The highest BCUT2D eigenvalue weighted by Gasteiger charge is 2.30. The molecule has 3 atom stereocenters. The molecule has 118 valence electrons. The molecule has 1 nitrogen and oxygen atoms in total. The zero-order valence-corrected chi connectivity index (χ0v) is 13.7. The Hall–Kier alpha value is -0.610. The molecule has 1 aliphatic carbocycles. The van der Waals surface area contributed by atoms with Crippen molar-refractivity contribution < 1.29 is 8.78 Å². The predicted octanol–water partition coefficient (Wildman–Crippen LogP) is 5.00. The van der Waals surface area contributed by atoms with Crippen LogP contribution in [0.5, 0.6) is 0 Å². The largest absolute Gasteiger partial charge is 0.313 e. The molecule has 2 rings (SSSR count). The number of rotatable bonds is 6. The van der Waals surface area contributed by atoms with Gasteiger partial charge >= 0.3 is 0 Å². The average Bonchev–Trinajstić information content (AvgIpc) is 2.45. The molecule has 1 N–H and O–H groups in total. The van der Waals surface area contributed by atoms with E-state index in [1.165, 1.54) is 25.3 Å². The Kier molecular flexibility index (Phi) is 6.49. The van der Waals surface area contributed by atoms with Gasteiger partial charge in [-0.3, -0.25) is 0 Å². The maximum Gasteiger partial charge on any atom is 0.139 e. The maximum atomic E-state index is 13.9. The summed E-state index contributed by atoms with van der Waals surface area (Å²) in [5, 5.41) is 3.90. The molecule has 0 saturated heterocycles. The molecular formula is C17H25F2NS. The van der Waals surface area contributed by atoms with Gasteiger partial charge in [-0.2, -0.15) is 0 Å². The first-order valence-corrected chi connectivity index (χ1v) is 8.87. The lowest BCUT2D eigenvalue weighted by molar-refractivity contribution is 0.289. The smallest absolute Gasteiger partial charge is 0.139 e. The van der Waals surface area contributed by atoms with E-state index in [1.54, 1.807) is 17.8 Å². The van der Waals surface area contributed by atoms with E-state index in [2.05, 4.69) is 19.2 Å². The third-order valence-electron chi connectivity index (χ3n) is 4.24. The predicted molar refractivity (Wildman–Crippen MR) is 85.7 cm³/mol. The molecule has 1 saturated carbocycles. The van der Waals surface area contributed by atoms with E-state index in [-0.39, 0.29) is 0 Å². The molecule has 21 heavy (non-hydrogen) atoms. The van der Waals surface area contributed by atoms with Crippen LogP contribution in [0.25, 0.3) is 0 Å². The molecule has 1 aromatic rings. The molecule has 0 amide bonds. The molecule has 0 aromatic heterocycles. The van der Waals surface area contributed by atoms with Crippen molar-refractivity contribution in [3.05, 3.63) is 29.8 Å². The summed E-state index contributed by atoms with van der Waals surface area (Å²) in [6, 6.07) is 4.33. The van der Waals surface area contributed by atoms with Crippen molar-refractivity contribution in [3.8, 4) is 0 Å². The Morgan fingerprint density at radius 1 is 1.24 bits per heavy atom. The number of benzene rings is 1. The second kappa shape index (κ2) is 8.14. The molecule has 3 unspecified atom stereocenters. The summed E-state index contributed by atoms with van der Waals surface area (Å²) in [7, 11) is 0. The van der Waals surface area contributed by atoms with Crippen LogP contribution in [0.1, 0.15) is 46.0 Å². The molecular weight excluding hydrogens is 288 g/mol. The summed E-state index contributed by atoms with van der Waals surface area (Å²) >= 11 is 1.57. The van der Waals surface area contributed by atoms with E-state index in [0.717, 1.165) is 31.4 Å². The summed E-state index contributed by atoms with van der Waals surface area (Å²) < 4.78 is 26.9. The Labute approximate surface area is 130 Å². The van der Waals surface area contributed by atoms with E-state index < -0.39 is 11.6 Å². The summed E-state index contributed by atoms with van der Waals surface area (Å²) in [5.41, 5.74) is 0. The summed E-state index contributed by atoms with van der Waals surface area (Å²) in [6.07, 6.45) is 5.99. The topological polar surface area (TPSA) is 12.0 Å². The van der Waals surface area contributed by atoms with Crippen LogP contribution in [0.3, 0.4) is 0 Å². The van der Waals surface area contributed by atoms with Gasteiger partial charge in [-0.05, 0) is 43.9 Å². The lowest BCUT2D eigenvalue weighted by Crippen LogP contribution is -2.42. The third-order valence-corrected chi connectivity index (χ3v) is 5.64. The lowest BCUT2D eigenvalue weighted by atomic mass is 9.83. The van der Waals surface area contributed by atoms with Crippen molar-refractivity contribution in [3.63, 3.8) is 0 Å². The number of hydrogen-bond donors (Lipinski definition) is 1. The van der Waals surface area contributed by atoms with E-state index in [1.807, 2.05) is 0 Å². The first-order valence-electron chi connectivity index (χ1n) is 7.99. The van der Waals surface area contributed by atoms with Crippen LogP contribution in [-0.4, -0.2) is 17.8 Å². The standard InChI is InChI=1S/C17H25F2NS/c1-3-5-12-6-8-15(20-4-2)17(10-12)21-16-9-7-13(18)11-14(16)19/h7,9,11-12,15,17,20H,3-6,8,10H2,1-2H3. The molecule has 0 radical (unpaired) electrons. The zero-order valence-electron chi connectivity index (χ0n) is 12.9. The second-order valence-corrected chi connectivity index (χ2v) is 7.14. The van der Waals surface area contributed by atoms with Crippen molar-refractivity contribution in [2.45, 2.75) is 62.1 Å². The van der Waals surface area contributed by atoms with Gasteiger partial charge < -0.3 is 5.32 Å². The second-order valence-electron chi connectivity index (χ2n) is 5.86. The van der Waals surface area contributed by atoms with Crippen LogP contribution in [0.15, 0.2) is 23.1 Å². The first kappa shape index (κ1) is 16.8. The summed E-state index contributed by atoms with van der Waals surface area (Å²) in [5.74, 6) is -0.202. The highest BCUT2D eigenvalue weighted by molar-refractivity contribution is 8.00. The first-order chi connectivity index (χ1) is 10.1. The zero-order chi connectivity index (χ0) is 15.2. The van der Waals surface area contributed by atoms with Gasteiger partial charge in [-0.1, -0.05) is 26.7 Å². The van der Waals surface area contributed by atoms with E-state index in [0.29, 0.717) is 16.2 Å². The Morgan fingerprint density at radius 3 is 2.71 bits per heavy atom. The average molecular weight is 313 g/mol. The fourth-order valence-electron chi connectivity index (χ4n) is 3.24. The molecule has 1 aromatic carbocycles. The molecule has 0 bridgehead atoms. The molecule has 0 spiro atoms. The molecule has 1 aliphatic rings. The number of halogens is 2. The third kappa shape index (κ3) is 4.68. The molecule has 0 heterocycles. The monoisotopic (exact) mass is 313 g/mol. The fraction of sp³-hybridized carbons (Fsp3) is 0.647. The van der Waals surface area contributed by atoms with Gasteiger partial charge in [-0.15, -0.1) is 11.8 Å². The Balaban J connectivity index is 2.07. The molecule has 1 fully saturated rings. The van der Waals surface area contributed by atoms with Gasteiger partial charge in [0.15, 0.2) is 0 Å². The Morgan fingerprint density at radius 2 is 2.05 bits per heavy atom. The van der Waals surface area contributed by atoms with Crippen LogP contribution in [-0.2, 0) is 0 Å². The SMILES string of the molecule is CCCC1CCC(NCC)C(Sc2ccc(F)cc2F)C1. The quantitative estimate of drug-likeness (QED) is 0.793. The Bertz CT molecular complexity index is 452. The van der Waals surface area contributed by atoms with Gasteiger partial charge in [0, 0.05) is 22.3 Å². The molecule has 0 aliphatic heterocycles. The lowest BCUT2D eigenvalue weighted by Gasteiger charge is -2.36. The van der Waals surface area contributed by atoms with Gasteiger partial charge in [0.25, 0.3) is 0 Å². The van der Waals surface area contributed by atoms with Gasteiger partial charge in [0.05, 0.1) is 0 Å². The van der Waals surface area contributed by atoms with Crippen LogP contribution in [0, 0.1) is 17.6 Å². The van der Waals surface area contributed by atoms with Crippen molar-refractivity contribution >= 4 is 11.8 Å². The summed E-state index contributed by atoms with van der Waals surface area (Å²) in [4.78, 5) is 0.571. The minimum Gasteiger partial charge on any atom is -0.313 e. The maximum absolute atomic E-state index is 13.9. The number of nitrogens with one attached hydrogen (secondary N) is 1. The van der Waals surface area contributed by atoms with Crippen LogP contribution < -0.4 is 5.32 Å². The number of hydrogen-bond acceptors (Lipinski definition) is 2. The van der Waals surface area contributed by atoms with E-state index in [4.69, 9.17) is 0 Å². The minimum absolute atomic E-state index is 0.371. The highest BCUT2D eigenvalue weighted by Crippen LogP contribution is 2.39. The van der Waals surface area contributed by atoms with Crippen molar-refractivity contribution in [2.24, 2.45) is 5.92 Å². The summed E-state index contributed by atoms with van der Waals surface area (Å²) in [6.45, 7) is 5.27. The van der Waals surface area contributed by atoms with Gasteiger partial charge in [0.2, 0.25) is 0 Å². The van der Waals surface area contributed by atoms with Crippen LogP contribution in [0.2, 0.25) is 0 Å². The molecule has 4 heteroatoms. The van der Waals surface area contributed by atoms with E-state index >= 15 is 0 Å². The van der Waals surface area contributed by atoms with Crippen molar-refractivity contribution in [2.75, 3.05) is 6.54 Å².